The number of carbonyl (C=O) groups is 2. The van der Waals surface area contributed by atoms with Crippen LogP contribution < -0.4 is 10.6 Å². The van der Waals surface area contributed by atoms with Gasteiger partial charge >= 0.3 is 12.0 Å². The van der Waals surface area contributed by atoms with E-state index in [0.29, 0.717) is 12.5 Å². The second-order valence-corrected chi connectivity index (χ2v) is 4.41. The average Bonchev–Trinajstić information content (AvgIpc) is 2.78. The molecule has 0 aromatic carbocycles. The van der Waals surface area contributed by atoms with Crippen LogP contribution in [0.2, 0.25) is 0 Å². The first-order valence-corrected chi connectivity index (χ1v) is 6.01. The quantitative estimate of drug-likeness (QED) is 0.540. The van der Waals surface area contributed by atoms with Gasteiger partial charge in [0, 0.05) is 19.6 Å². The van der Waals surface area contributed by atoms with Gasteiger partial charge in [0.25, 0.3) is 0 Å². The lowest BCUT2D eigenvalue weighted by Gasteiger charge is -2.15. The van der Waals surface area contributed by atoms with Crippen molar-refractivity contribution in [3.63, 3.8) is 0 Å². The maximum Gasteiger partial charge on any atom is 0.326 e. The zero-order chi connectivity index (χ0) is 12.7. The Morgan fingerprint density at radius 2 is 1.94 bits per heavy atom. The highest BCUT2D eigenvalue weighted by Gasteiger charge is 2.20. The van der Waals surface area contributed by atoms with E-state index in [2.05, 4.69) is 10.6 Å². The molecule has 1 aliphatic carbocycles. The van der Waals surface area contributed by atoms with Crippen molar-refractivity contribution < 1.29 is 19.8 Å². The molecule has 1 unspecified atom stereocenters. The van der Waals surface area contributed by atoms with Crippen LogP contribution in [0, 0.1) is 5.92 Å². The number of nitrogens with one attached hydrogen (secondary N) is 2. The lowest BCUT2D eigenvalue weighted by atomic mass is 10.1. The van der Waals surface area contributed by atoms with Crippen molar-refractivity contribution in [3.05, 3.63) is 0 Å². The second-order valence-electron chi connectivity index (χ2n) is 4.41. The molecule has 1 saturated carbocycles. The van der Waals surface area contributed by atoms with Gasteiger partial charge in [-0.1, -0.05) is 12.8 Å². The van der Waals surface area contributed by atoms with Gasteiger partial charge in [-0.05, 0) is 18.8 Å². The second kappa shape index (κ2) is 7.11. The van der Waals surface area contributed by atoms with E-state index in [1.165, 1.54) is 12.8 Å². The maximum atomic E-state index is 11.4. The van der Waals surface area contributed by atoms with Gasteiger partial charge in [-0.3, -0.25) is 0 Å². The summed E-state index contributed by atoms with van der Waals surface area (Å²) in [6, 6.07) is -1.50. The predicted octanol–water partition coefficient (Wildman–Crippen LogP) is 0.311. The monoisotopic (exact) mass is 244 g/mol. The largest absolute Gasteiger partial charge is 0.480 e. The Bertz CT molecular complexity index is 264. The normalized spacial score (nSPS) is 17.7. The average molecular weight is 244 g/mol. The Labute approximate surface area is 100 Å². The fraction of sp³-hybridized carbons (Fsp3) is 0.818. The van der Waals surface area contributed by atoms with Crippen LogP contribution in [0.4, 0.5) is 4.79 Å². The molecule has 0 heterocycles. The van der Waals surface area contributed by atoms with Crippen LogP contribution in [0.1, 0.15) is 32.1 Å². The lowest BCUT2D eigenvalue weighted by molar-refractivity contribution is -0.139. The molecule has 98 valence electrons. The van der Waals surface area contributed by atoms with Crippen LogP contribution in [0.15, 0.2) is 0 Å². The summed E-state index contributed by atoms with van der Waals surface area (Å²) in [7, 11) is 0. The minimum atomic E-state index is -1.13. The number of aliphatic carboxylic acids is 1. The highest BCUT2D eigenvalue weighted by molar-refractivity contribution is 5.82. The van der Waals surface area contributed by atoms with Crippen molar-refractivity contribution in [1.82, 2.24) is 10.6 Å². The van der Waals surface area contributed by atoms with Crippen molar-refractivity contribution in [1.29, 1.82) is 0 Å². The van der Waals surface area contributed by atoms with E-state index in [-0.39, 0.29) is 13.0 Å². The number of amides is 2. The smallest absolute Gasteiger partial charge is 0.326 e. The number of aliphatic hydroxyl groups is 1. The lowest BCUT2D eigenvalue weighted by Crippen LogP contribution is -2.47. The van der Waals surface area contributed by atoms with Crippen molar-refractivity contribution in [2.45, 2.75) is 38.1 Å². The summed E-state index contributed by atoms with van der Waals surface area (Å²) in [6.07, 6.45) is 4.68. The first-order chi connectivity index (χ1) is 8.13. The highest BCUT2D eigenvalue weighted by atomic mass is 16.4. The standard InChI is InChI=1S/C11H20N2O4/c14-6-5-9(10(15)16)13-11(17)12-7-8-3-1-2-4-8/h8-9,14H,1-7H2,(H,15,16)(H2,12,13,17). The van der Waals surface area contributed by atoms with Gasteiger partial charge in [0.2, 0.25) is 0 Å². The van der Waals surface area contributed by atoms with Gasteiger partial charge in [0.1, 0.15) is 6.04 Å². The highest BCUT2D eigenvalue weighted by Crippen LogP contribution is 2.23. The third-order valence-electron chi connectivity index (χ3n) is 3.05. The molecular weight excluding hydrogens is 224 g/mol. The molecule has 0 saturated heterocycles. The Balaban J connectivity index is 2.23. The number of hydrogen-bond donors (Lipinski definition) is 4. The third kappa shape index (κ3) is 5.04. The van der Waals surface area contributed by atoms with Crippen LogP contribution in [0.25, 0.3) is 0 Å². The minimum absolute atomic E-state index is 0.0200. The molecule has 4 N–H and O–H groups in total. The molecule has 1 fully saturated rings. The molecule has 0 radical (unpaired) electrons. The number of hydrogen-bond acceptors (Lipinski definition) is 3. The van der Waals surface area contributed by atoms with Crippen LogP contribution in [0.5, 0.6) is 0 Å². The molecule has 2 amide bonds. The number of rotatable bonds is 6. The molecule has 0 aromatic heterocycles. The fourth-order valence-electron chi connectivity index (χ4n) is 2.05. The van der Waals surface area contributed by atoms with E-state index in [4.69, 9.17) is 10.2 Å². The Morgan fingerprint density at radius 1 is 1.29 bits per heavy atom. The molecule has 6 heteroatoms. The van der Waals surface area contributed by atoms with Gasteiger partial charge in [0.15, 0.2) is 0 Å². The maximum absolute atomic E-state index is 11.4. The third-order valence-corrected chi connectivity index (χ3v) is 3.05. The van der Waals surface area contributed by atoms with Gasteiger partial charge in [-0.2, -0.15) is 0 Å². The number of carboxylic acids is 1. The number of aliphatic hydroxyl groups excluding tert-OH is 1. The van der Waals surface area contributed by atoms with E-state index in [1.807, 2.05) is 0 Å². The summed E-state index contributed by atoms with van der Waals surface area (Å²) in [4.78, 5) is 22.2. The van der Waals surface area contributed by atoms with Crippen molar-refractivity contribution >= 4 is 12.0 Å². The molecule has 1 atom stereocenters. The van der Waals surface area contributed by atoms with Crippen molar-refractivity contribution in [2.75, 3.05) is 13.2 Å². The van der Waals surface area contributed by atoms with Gasteiger partial charge in [-0.15, -0.1) is 0 Å². The fourth-order valence-corrected chi connectivity index (χ4v) is 2.05. The summed E-state index contributed by atoms with van der Waals surface area (Å²) in [5, 5.41) is 22.5. The van der Waals surface area contributed by atoms with Gasteiger partial charge < -0.3 is 20.8 Å². The Morgan fingerprint density at radius 3 is 2.47 bits per heavy atom. The number of carbonyl (C=O) groups excluding carboxylic acids is 1. The SMILES string of the molecule is O=C(NCC1CCCC1)NC(CCO)C(=O)O. The van der Waals surface area contributed by atoms with E-state index in [9.17, 15) is 9.59 Å². The molecule has 0 spiro atoms. The van der Waals surface area contributed by atoms with Gasteiger partial charge in [0.05, 0.1) is 0 Å². The Hall–Kier alpha value is -1.30. The van der Waals surface area contributed by atoms with Crippen LogP contribution >= 0.6 is 0 Å². The summed E-state index contributed by atoms with van der Waals surface area (Å²) in [5.74, 6) is -0.614. The molecular formula is C11H20N2O4. The van der Waals surface area contributed by atoms with E-state index < -0.39 is 18.0 Å². The molecule has 1 aliphatic rings. The van der Waals surface area contributed by atoms with Crippen LogP contribution in [0.3, 0.4) is 0 Å². The van der Waals surface area contributed by atoms with Crippen LogP contribution in [-0.2, 0) is 4.79 Å². The summed E-state index contributed by atoms with van der Waals surface area (Å²) < 4.78 is 0. The first kappa shape index (κ1) is 13.8. The molecule has 6 nitrogen and oxygen atoms in total. The molecule has 1 rings (SSSR count). The van der Waals surface area contributed by atoms with Crippen molar-refractivity contribution in [3.8, 4) is 0 Å². The topological polar surface area (TPSA) is 98.7 Å². The summed E-state index contributed by atoms with van der Waals surface area (Å²) in [6.45, 7) is 0.331. The van der Waals surface area contributed by atoms with E-state index in [1.54, 1.807) is 0 Å². The Kier molecular flexibility index (Phi) is 5.76. The first-order valence-electron chi connectivity index (χ1n) is 6.01. The van der Waals surface area contributed by atoms with Crippen molar-refractivity contribution in [2.24, 2.45) is 5.92 Å². The molecule has 0 bridgehead atoms. The summed E-state index contributed by atoms with van der Waals surface area (Å²) in [5.41, 5.74) is 0. The number of urea groups is 1. The molecule has 17 heavy (non-hydrogen) atoms. The van der Waals surface area contributed by atoms with E-state index >= 15 is 0 Å². The zero-order valence-electron chi connectivity index (χ0n) is 9.82. The predicted molar refractivity (Wildman–Crippen MR) is 61.6 cm³/mol. The molecule has 0 aliphatic heterocycles. The van der Waals surface area contributed by atoms with Crippen LogP contribution in [-0.4, -0.2) is 41.4 Å². The molecule has 0 aromatic rings. The minimum Gasteiger partial charge on any atom is -0.480 e. The number of carboxylic acid groups (broad SMARTS) is 1. The van der Waals surface area contributed by atoms with E-state index in [0.717, 1.165) is 12.8 Å². The zero-order valence-corrected chi connectivity index (χ0v) is 9.82. The summed E-state index contributed by atoms with van der Waals surface area (Å²) >= 11 is 0. The van der Waals surface area contributed by atoms with Gasteiger partial charge in [-0.25, -0.2) is 9.59 Å².